The largest absolute Gasteiger partial charge is 0.496 e. The molecule has 1 aromatic carbocycles. The van der Waals surface area contributed by atoms with Crippen LogP contribution in [0.3, 0.4) is 0 Å². The Balaban J connectivity index is 1.64. The van der Waals surface area contributed by atoms with Gasteiger partial charge in [0.15, 0.2) is 0 Å². The number of hydrogen-bond acceptors (Lipinski definition) is 5. The van der Waals surface area contributed by atoms with Crippen molar-refractivity contribution in [2.75, 3.05) is 13.7 Å². The van der Waals surface area contributed by atoms with Crippen molar-refractivity contribution >= 4 is 22.6 Å². The van der Waals surface area contributed by atoms with Gasteiger partial charge in [-0.25, -0.2) is 4.98 Å². The van der Waals surface area contributed by atoms with E-state index in [1.807, 2.05) is 0 Å². The van der Waals surface area contributed by atoms with Crippen LogP contribution in [0.15, 0.2) is 24.4 Å². The van der Waals surface area contributed by atoms with Crippen LogP contribution in [-0.4, -0.2) is 36.6 Å². The van der Waals surface area contributed by atoms with E-state index in [0.29, 0.717) is 23.8 Å². The lowest BCUT2D eigenvalue weighted by molar-refractivity contribution is -0.121. The lowest BCUT2D eigenvalue weighted by atomic mass is 10.0. The predicted octanol–water partition coefficient (Wildman–Crippen LogP) is 1.25. The zero-order chi connectivity index (χ0) is 17.8. The van der Waals surface area contributed by atoms with E-state index in [9.17, 15) is 9.59 Å². The molecule has 3 atom stereocenters. The number of carbonyl (C=O) groups is 2. The molecule has 2 aliphatic rings. The molecule has 0 spiro atoms. The first-order chi connectivity index (χ1) is 11.9. The molecule has 2 aromatic rings. The highest BCUT2D eigenvalue weighted by molar-refractivity contribution is 6.01. The highest BCUT2D eigenvalue weighted by Gasteiger charge is 2.64. The third kappa shape index (κ3) is 2.38. The van der Waals surface area contributed by atoms with Gasteiger partial charge < -0.3 is 20.5 Å². The standard InChI is InChI=1S/C18H19N3O4/c1-18-7-12(18)16(23)21-14(18)8-25-17-10-6-13(24-2)11(15(19)22)5-9(10)3-4-20-17/h3-6,12,14H,7-8H2,1-2H3,(H2,19,22)(H,21,23)/t12?,14-,18+/m1/s1. The lowest BCUT2D eigenvalue weighted by Gasteiger charge is -2.20. The van der Waals surface area contributed by atoms with E-state index in [2.05, 4.69) is 17.2 Å². The first-order valence-corrected chi connectivity index (χ1v) is 8.14. The Bertz CT molecular complexity index is 897. The van der Waals surface area contributed by atoms with E-state index in [-0.39, 0.29) is 23.3 Å². The van der Waals surface area contributed by atoms with Crippen molar-refractivity contribution in [1.82, 2.24) is 10.3 Å². The van der Waals surface area contributed by atoms with Crippen LogP contribution >= 0.6 is 0 Å². The van der Waals surface area contributed by atoms with Crippen molar-refractivity contribution in [3.8, 4) is 11.6 Å². The molecule has 2 fully saturated rings. The Hall–Kier alpha value is -2.83. The van der Waals surface area contributed by atoms with Crippen molar-refractivity contribution in [2.45, 2.75) is 19.4 Å². The molecule has 0 bridgehead atoms. The minimum absolute atomic E-state index is 0.0154. The SMILES string of the molecule is COc1cc2c(OC[C@H]3NC(=O)C4C[C@@]43C)nccc2cc1C(N)=O. The van der Waals surface area contributed by atoms with Crippen LogP contribution < -0.4 is 20.5 Å². The maximum absolute atomic E-state index is 11.8. The van der Waals surface area contributed by atoms with Gasteiger partial charge >= 0.3 is 0 Å². The quantitative estimate of drug-likeness (QED) is 0.852. The minimum atomic E-state index is -0.556. The Kier molecular flexibility index (Phi) is 3.35. The second kappa shape index (κ2) is 5.34. The average Bonchev–Trinajstić information content (AvgIpc) is 3.23. The van der Waals surface area contributed by atoms with Crippen LogP contribution in [0.1, 0.15) is 23.7 Å². The number of nitrogens with two attached hydrogens (primary N) is 1. The van der Waals surface area contributed by atoms with Gasteiger partial charge in [-0.3, -0.25) is 9.59 Å². The molecule has 2 amide bonds. The number of piperidine rings is 1. The van der Waals surface area contributed by atoms with E-state index >= 15 is 0 Å². The van der Waals surface area contributed by atoms with E-state index in [4.69, 9.17) is 15.2 Å². The highest BCUT2D eigenvalue weighted by Crippen LogP contribution is 2.58. The molecule has 1 aliphatic carbocycles. The maximum atomic E-state index is 11.8. The van der Waals surface area contributed by atoms with Crippen LogP contribution in [0.2, 0.25) is 0 Å². The van der Waals surface area contributed by atoms with Gasteiger partial charge in [0.25, 0.3) is 5.91 Å². The lowest BCUT2D eigenvalue weighted by Crippen LogP contribution is -2.38. The predicted molar refractivity (Wildman–Crippen MR) is 90.5 cm³/mol. The summed E-state index contributed by atoms with van der Waals surface area (Å²) >= 11 is 0. The minimum Gasteiger partial charge on any atom is -0.496 e. The molecule has 1 saturated heterocycles. The number of hydrogen-bond donors (Lipinski definition) is 2. The zero-order valence-electron chi connectivity index (χ0n) is 14.0. The summed E-state index contributed by atoms with van der Waals surface area (Å²) in [5, 5.41) is 4.49. The fraction of sp³-hybridized carbons (Fsp3) is 0.389. The van der Waals surface area contributed by atoms with Crippen molar-refractivity contribution in [3.63, 3.8) is 0 Å². The fourth-order valence-corrected chi connectivity index (χ4v) is 3.64. The van der Waals surface area contributed by atoms with Crippen molar-refractivity contribution in [1.29, 1.82) is 0 Å². The van der Waals surface area contributed by atoms with E-state index in [0.717, 1.165) is 17.2 Å². The number of methoxy groups -OCH3 is 1. The number of benzene rings is 1. The smallest absolute Gasteiger partial charge is 0.252 e. The summed E-state index contributed by atoms with van der Waals surface area (Å²) in [7, 11) is 1.48. The summed E-state index contributed by atoms with van der Waals surface area (Å²) in [4.78, 5) is 27.7. The van der Waals surface area contributed by atoms with E-state index in [1.165, 1.54) is 7.11 Å². The average molecular weight is 341 g/mol. The molecule has 3 N–H and O–H groups in total. The van der Waals surface area contributed by atoms with Crippen LogP contribution in [-0.2, 0) is 4.79 Å². The molecule has 4 rings (SSSR count). The topological polar surface area (TPSA) is 104 Å². The number of primary amides is 1. The second-order valence-corrected chi connectivity index (χ2v) is 6.89. The van der Waals surface area contributed by atoms with Gasteiger partial charge in [0, 0.05) is 22.9 Å². The number of carbonyl (C=O) groups excluding carboxylic acids is 2. The third-order valence-corrected chi connectivity index (χ3v) is 5.41. The van der Waals surface area contributed by atoms with Gasteiger partial charge in [-0.2, -0.15) is 0 Å². The number of ether oxygens (including phenoxy) is 2. The van der Waals surface area contributed by atoms with Crippen LogP contribution in [0, 0.1) is 11.3 Å². The molecule has 25 heavy (non-hydrogen) atoms. The monoisotopic (exact) mass is 341 g/mol. The van der Waals surface area contributed by atoms with Crippen LogP contribution in [0.25, 0.3) is 10.8 Å². The van der Waals surface area contributed by atoms with Crippen molar-refractivity contribution < 1.29 is 19.1 Å². The summed E-state index contributed by atoms with van der Waals surface area (Å²) in [6.07, 6.45) is 2.52. The maximum Gasteiger partial charge on any atom is 0.252 e. The second-order valence-electron chi connectivity index (χ2n) is 6.89. The van der Waals surface area contributed by atoms with E-state index in [1.54, 1.807) is 24.4 Å². The van der Waals surface area contributed by atoms with Gasteiger partial charge in [0.2, 0.25) is 11.8 Å². The normalized spacial score (nSPS) is 26.9. The number of aromatic nitrogens is 1. The van der Waals surface area contributed by atoms with Crippen LogP contribution in [0.4, 0.5) is 0 Å². The number of pyridine rings is 1. The summed E-state index contributed by atoms with van der Waals surface area (Å²) in [5.74, 6) is 0.476. The third-order valence-electron chi connectivity index (χ3n) is 5.41. The van der Waals surface area contributed by atoms with Crippen molar-refractivity contribution in [3.05, 3.63) is 30.0 Å². The Labute approximate surface area is 144 Å². The molecule has 130 valence electrons. The Morgan fingerprint density at radius 3 is 2.88 bits per heavy atom. The Morgan fingerprint density at radius 2 is 2.28 bits per heavy atom. The molecule has 1 aromatic heterocycles. The molecular formula is C18H19N3O4. The number of fused-ring (bicyclic) bond motifs is 2. The van der Waals surface area contributed by atoms with Gasteiger partial charge in [0.1, 0.15) is 12.4 Å². The van der Waals surface area contributed by atoms with Gasteiger partial charge in [0.05, 0.1) is 18.7 Å². The molecule has 1 aliphatic heterocycles. The van der Waals surface area contributed by atoms with Crippen molar-refractivity contribution in [2.24, 2.45) is 17.1 Å². The summed E-state index contributed by atoms with van der Waals surface area (Å²) in [5.41, 5.74) is 5.70. The first-order valence-electron chi connectivity index (χ1n) is 8.14. The molecule has 7 heteroatoms. The fourth-order valence-electron chi connectivity index (χ4n) is 3.64. The number of amides is 2. The van der Waals surface area contributed by atoms with Gasteiger partial charge in [-0.05, 0) is 30.0 Å². The highest BCUT2D eigenvalue weighted by atomic mass is 16.5. The Morgan fingerprint density at radius 1 is 1.48 bits per heavy atom. The first kappa shape index (κ1) is 15.7. The summed E-state index contributed by atoms with van der Waals surface area (Å²) in [6.45, 7) is 2.45. The molecule has 0 radical (unpaired) electrons. The molecule has 7 nitrogen and oxygen atoms in total. The molecule has 1 unspecified atom stereocenters. The molecule has 1 saturated carbocycles. The number of nitrogens with zero attached hydrogens (tertiary/aromatic N) is 1. The summed E-state index contributed by atoms with van der Waals surface area (Å²) in [6, 6.07) is 5.13. The van der Waals surface area contributed by atoms with E-state index < -0.39 is 5.91 Å². The van der Waals surface area contributed by atoms with Crippen LogP contribution in [0.5, 0.6) is 11.6 Å². The molecular weight excluding hydrogens is 322 g/mol. The van der Waals surface area contributed by atoms with Gasteiger partial charge in [-0.1, -0.05) is 6.92 Å². The number of rotatable bonds is 5. The summed E-state index contributed by atoms with van der Waals surface area (Å²) < 4.78 is 11.2. The number of nitrogens with one attached hydrogen (secondary N) is 1. The zero-order valence-corrected chi connectivity index (χ0v) is 14.0. The van der Waals surface area contributed by atoms with Gasteiger partial charge in [-0.15, -0.1) is 0 Å². The molecule has 2 heterocycles.